The third-order valence-corrected chi connectivity index (χ3v) is 5.35. The maximum atomic E-state index is 14.8. The van der Waals surface area contributed by atoms with E-state index in [1.54, 1.807) is 18.2 Å². The highest BCUT2D eigenvalue weighted by Crippen LogP contribution is 2.37. The van der Waals surface area contributed by atoms with Crippen molar-refractivity contribution in [3.63, 3.8) is 0 Å². The van der Waals surface area contributed by atoms with Crippen molar-refractivity contribution in [3.8, 4) is 6.07 Å². The SMILES string of the molecule is N#CC1(NC(=O)C(CC(F)(F)Cc2ccccc2)N[C@@H](c2ccc(F)cc2)C(F)(F)F)CC1. The first-order valence-electron chi connectivity index (χ1n) is 10.2. The molecule has 3 rings (SSSR count). The number of amides is 1. The molecule has 0 heterocycles. The van der Waals surface area contributed by atoms with Crippen molar-refractivity contribution < 1.29 is 31.1 Å². The van der Waals surface area contributed by atoms with Crippen LogP contribution in [0.2, 0.25) is 0 Å². The zero-order chi connectivity index (χ0) is 24.3. The number of hydrogen-bond donors (Lipinski definition) is 2. The lowest BCUT2D eigenvalue weighted by Gasteiger charge is -2.30. The number of nitrogens with zero attached hydrogens (tertiary/aromatic N) is 1. The van der Waals surface area contributed by atoms with Gasteiger partial charge in [-0.2, -0.15) is 18.4 Å². The third kappa shape index (κ3) is 6.71. The molecule has 0 bridgehead atoms. The van der Waals surface area contributed by atoms with Gasteiger partial charge in [0, 0.05) is 12.8 Å². The molecule has 1 aliphatic rings. The van der Waals surface area contributed by atoms with Gasteiger partial charge >= 0.3 is 6.18 Å². The highest BCUT2D eigenvalue weighted by Gasteiger charge is 2.49. The number of nitrogens with one attached hydrogen (secondary N) is 2. The average molecular weight is 469 g/mol. The van der Waals surface area contributed by atoms with Crippen LogP contribution < -0.4 is 10.6 Å². The maximum Gasteiger partial charge on any atom is 0.407 e. The lowest BCUT2D eigenvalue weighted by Crippen LogP contribution is -2.53. The number of hydrogen-bond acceptors (Lipinski definition) is 3. The number of benzene rings is 2. The summed E-state index contributed by atoms with van der Waals surface area (Å²) in [5.41, 5.74) is -1.44. The molecule has 4 nitrogen and oxygen atoms in total. The highest BCUT2D eigenvalue weighted by molar-refractivity contribution is 5.83. The van der Waals surface area contributed by atoms with Crippen LogP contribution in [0.15, 0.2) is 54.6 Å². The molecule has 0 aliphatic heterocycles. The van der Waals surface area contributed by atoms with E-state index in [4.69, 9.17) is 0 Å². The summed E-state index contributed by atoms with van der Waals surface area (Å²) >= 11 is 0. The first-order chi connectivity index (χ1) is 15.4. The standard InChI is InChI=1S/C23H21F6N3O/c24-17-8-6-16(7-9-17)19(23(27,28)29)31-18(20(33)32-21(14-30)10-11-21)13-22(25,26)12-15-4-2-1-3-5-15/h1-9,18-19,31H,10-13H2,(H,32,33)/t18?,19-/m0/s1. The summed E-state index contributed by atoms with van der Waals surface area (Å²) in [6, 6.07) is 8.36. The minimum absolute atomic E-state index is 0.253. The summed E-state index contributed by atoms with van der Waals surface area (Å²) in [7, 11) is 0. The van der Waals surface area contributed by atoms with Gasteiger partial charge in [-0.05, 0) is 36.1 Å². The van der Waals surface area contributed by atoms with E-state index in [0.29, 0.717) is 0 Å². The normalized spacial score (nSPS) is 17.0. The Labute approximate surface area is 186 Å². The molecule has 0 spiro atoms. The van der Waals surface area contributed by atoms with Crippen LogP contribution in [0.5, 0.6) is 0 Å². The molecule has 1 saturated carbocycles. The Morgan fingerprint density at radius 2 is 1.64 bits per heavy atom. The fourth-order valence-electron chi connectivity index (χ4n) is 3.44. The van der Waals surface area contributed by atoms with Gasteiger partial charge in [0.2, 0.25) is 5.91 Å². The Balaban J connectivity index is 1.87. The number of carbonyl (C=O) groups is 1. The zero-order valence-corrected chi connectivity index (χ0v) is 17.3. The molecule has 2 atom stereocenters. The second-order valence-corrected chi connectivity index (χ2v) is 8.15. The number of halogens is 6. The van der Waals surface area contributed by atoms with Crippen LogP contribution in [0.1, 0.15) is 36.4 Å². The molecule has 33 heavy (non-hydrogen) atoms. The van der Waals surface area contributed by atoms with E-state index in [2.05, 4.69) is 5.32 Å². The molecule has 1 unspecified atom stereocenters. The lowest BCUT2D eigenvalue weighted by atomic mass is 9.98. The maximum absolute atomic E-state index is 14.8. The van der Waals surface area contributed by atoms with E-state index < -0.39 is 59.9 Å². The Hall–Kier alpha value is -3.06. The fourth-order valence-corrected chi connectivity index (χ4v) is 3.44. The molecule has 1 aliphatic carbocycles. The van der Waals surface area contributed by atoms with Crippen molar-refractivity contribution in [1.82, 2.24) is 10.6 Å². The lowest BCUT2D eigenvalue weighted by molar-refractivity contribution is -0.163. The molecular weight excluding hydrogens is 448 g/mol. The van der Waals surface area contributed by atoms with E-state index in [1.165, 1.54) is 12.1 Å². The van der Waals surface area contributed by atoms with E-state index in [0.717, 1.165) is 24.3 Å². The molecule has 0 radical (unpaired) electrons. The van der Waals surface area contributed by atoms with Crippen LogP contribution in [-0.2, 0) is 11.2 Å². The molecular formula is C23H21F6N3O. The van der Waals surface area contributed by atoms with Gasteiger partial charge in [-0.15, -0.1) is 0 Å². The van der Waals surface area contributed by atoms with E-state index >= 15 is 0 Å². The van der Waals surface area contributed by atoms with Gasteiger partial charge in [0.1, 0.15) is 17.4 Å². The topological polar surface area (TPSA) is 64.9 Å². The predicted molar refractivity (Wildman–Crippen MR) is 108 cm³/mol. The summed E-state index contributed by atoms with van der Waals surface area (Å²) in [5.74, 6) is -5.43. The van der Waals surface area contributed by atoms with Gasteiger partial charge in [0.15, 0.2) is 0 Å². The average Bonchev–Trinajstić information content (AvgIpc) is 3.51. The number of alkyl halides is 5. The van der Waals surface area contributed by atoms with Crippen LogP contribution in [-0.4, -0.2) is 29.6 Å². The minimum Gasteiger partial charge on any atom is -0.336 e. The second-order valence-electron chi connectivity index (χ2n) is 8.15. The van der Waals surface area contributed by atoms with Gasteiger partial charge in [-0.25, -0.2) is 13.2 Å². The Morgan fingerprint density at radius 1 is 1.03 bits per heavy atom. The molecule has 176 valence electrons. The minimum atomic E-state index is -4.96. The van der Waals surface area contributed by atoms with Crippen molar-refractivity contribution >= 4 is 5.91 Å². The van der Waals surface area contributed by atoms with E-state index in [1.807, 2.05) is 11.4 Å². The van der Waals surface area contributed by atoms with Crippen molar-refractivity contribution in [2.45, 2.75) is 55.4 Å². The largest absolute Gasteiger partial charge is 0.407 e. The van der Waals surface area contributed by atoms with Crippen molar-refractivity contribution in [1.29, 1.82) is 5.26 Å². The van der Waals surface area contributed by atoms with Crippen LogP contribution in [0.3, 0.4) is 0 Å². The Morgan fingerprint density at radius 3 is 2.15 bits per heavy atom. The number of carbonyl (C=O) groups excluding carboxylic acids is 1. The summed E-state index contributed by atoms with van der Waals surface area (Å²) in [6.07, 6.45) is -6.41. The number of nitriles is 1. The van der Waals surface area contributed by atoms with Gasteiger partial charge in [0.25, 0.3) is 5.92 Å². The first kappa shape index (κ1) is 24.6. The molecule has 2 aromatic carbocycles. The highest BCUT2D eigenvalue weighted by atomic mass is 19.4. The molecule has 0 aromatic heterocycles. The Bertz CT molecular complexity index is 998. The monoisotopic (exact) mass is 469 g/mol. The van der Waals surface area contributed by atoms with Crippen molar-refractivity contribution in [3.05, 3.63) is 71.5 Å². The number of rotatable bonds is 9. The molecule has 10 heteroatoms. The van der Waals surface area contributed by atoms with Crippen molar-refractivity contribution in [2.75, 3.05) is 0 Å². The van der Waals surface area contributed by atoms with Gasteiger partial charge in [-0.1, -0.05) is 42.5 Å². The molecule has 2 N–H and O–H groups in total. The molecule has 1 amide bonds. The zero-order valence-electron chi connectivity index (χ0n) is 17.3. The smallest absolute Gasteiger partial charge is 0.336 e. The van der Waals surface area contributed by atoms with Crippen LogP contribution in [0.4, 0.5) is 26.3 Å². The molecule has 1 fully saturated rings. The quantitative estimate of drug-likeness (QED) is 0.518. The first-order valence-corrected chi connectivity index (χ1v) is 10.2. The summed E-state index contributed by atoms with van der Waals surface area (Å²) in [5, 5.41) is 13.5. The summed E-state index contributed by atoms with van der Waals surface area (Å²) in [4.78, 5) is 12.8. The van der Waals surface area contributed by atoms with Gasteiger partial charge in [0.05, 0.1) is 12.1 Å². The van der Waals surface area contributed by atoms with Crippen LogP contribution in [0.25, 0.3) is 0 Å². The fraction of sp³-hybridized carbons (Fsp3) is 0.391. The van der Waals surface area contributed by atoms with Gasteiger partial charge in [-0.3, -0.25) is 10.1 Å². The third-order valence-electron chi connectivity index (χ3n) is 5.35. The summed E-state index contributed by atoms with van der Waals surface area (Å²) < 4.78 is 84.3. The second kappa shape index (κ2) is 9.43. The van der Waals surface area contributed by atoms with Crippen molar-refractivity contribution in [2.24, 2.45) is 0 Å². The predicted octanol–water partition coefficient (Wildman–Crippen LogP) is 4.83. The van der Waals surface area contributed by atoms with E-state index in [-0.39, 0.29) is 18.4 Å². The molecule has 2 aromatic rings. The Kier molecular flexibility index (Phi) is 7.03. The summed E-state index contributed by atoms with van der Waals surface area (Å²) in [6.45, 7) is 0. The van der Waals surface area contributed by atoms with Gasteiger partial charge < -0.3 is 5.32 Å². The van der Waals surface area contributed by atoms with E-state index in [9.17, 15) is 36.4 Å². The van der Waals surface area contributed by atoms with Crippen LogP contribution >= 0.6 is 0 Å². The molecule has 0 saturated heterocycles. The van der Waals surface area contributed by atoms with Crippen LogP contribution in [0, 0.1) is 17.1 Å².